The molecule has 1 aromatic rings. The lowest BCUT2D eigenvalue weighted by molar-refractivity contribution is 0.0523. The molecule has 0 spiro atoms. The van der Waals surface area contributed by atoms with Crippen molar-refractivity contribution in [3.63, 3.8) is 0 Å². The van der Waals surface area contributed by atoms with Crippen molar-refractivity contribution in [2.24, 2.45) is 0 Å². The van der Waals surface area contributed by atoms with Crippen molar-refractivity contribution in [1.82, 2.24) is 0 Å². The van der Waals surface area contributed by atoms with Gasteiger partial charge in [0.1, 0.15) is 5.56 Å². The molecular formula is C16H22Cl2O3. The maximum atomic E-state index is 12.0. The standard InChI is InChI=1S/C16H22Cl2O3/c1-4-6-7-8-9-11-10-12(17)13(16(19)21-5-2)15(20-3)14(11)18/h10H,4-9H2,1-3H3. The molecule has 0 heterocycles. The molecule has 0 fully saturated rings. The molecule has 0 radical (unpaired) electrons. The number of hydrogen-bond donors (Lipinski definition) is 0. The van der Waals surface area contributed by atoms with Crippen LogP contribution in [-0.2, 0) is 11.2 Å². The maximum absolute atomic E-state index is 12.0. The molecule has 0 unspecified atom stereocenters. The van der Waals surface area contributed by atoms with Gasteiger partial charge in [0, 0.05) is 0 Å². The average Bonchev–Trinajstić information content (AvgIpc) is 2.46. The number of unbranched alkanes of at least 4 members (excludes halogenated alkanes) is 3. The first-order valence-electron chi connectivity index (χ1n) is 7.28. The third kappa shape index (κ3) is 4.79. The van der Waals surface area contributed by atoms with Gasteiger partial charge in [-0.15, -0.1) is 0 Å². The molecule has 0 atom stereocenters. The number of ether oxygens (including phenoxy) is 2. The second kappa shape index (κ2) is 9.16. The Morgan fingerprint density at radius 2 is 1.90 bits per heavy atom. The van der Waals surface area contributed by atoms with Crippen molar-refractivity contribution in [2.45, 2.75) is 46.0 Å². The monoisotopic (exact) mass is 332 g/mol. The summed E-state index contributed by atoms with van der Waals surface area (Å²) in [6.45, 7) is 4.18. The Morgan fingerprint density at radius 1 is 1.19 bits per heavy atom. The minimum atomic E-state index is -0.515. The van der Waals surface area contributed by atoms with E-state index in [2.05, 4.69) is 6.92 Å². The zero-order chi connectivity index (χ0) is 15.8. The molecule has 0 bridgehead atoms. The fraction of sp³-hybridized carbons (Fsp3) is 0.562. The highest BCUT2D eigenvalue weighted by molar-refractivity contribution is 6.37. The number of rotatable bonds is 8. The van der Waals surface area contributed by atoms with Crippen molar-refractivity contribution in [2.75, 3.05) is 13.7 Å². The summed E-state index contributed by atoms with van der Waals surface area (Å²) in [4.78, 5) is 12.0. The highest BCUT2D eigenvalue weighted by Crippen LogP contribution is 2.38. The molecule has 0 aliphatic heterocycles. The highest BCUT2D eigenvalue weighted by Gasteiger charge is 2.23. The van der Waals surface area contributed by atoms with E-state index in [1.165, 1.54) is 20.0 Å². The molecule has 0 aliphatic carbocycles. The van der Waals surface area contributed by atoms with Crippen molar-refractivity contribution in [3.8, 4) is 5.75 Å². The van der Waals surface area contributed by atoms with Gasteiger partial charge < -0.3 is 9.47 Å². The van der Waals surface area contributed by atoms with Crippen LogP contribution in [0.1, 0.15) is 55.5 Å². The lowest BCUT2D eigenvalue weighted by Crippen LogP contribution is -2.09. The molecule has 1 rings (SSSR count). The van der Waals surface area contributed by atoms with Gasteiger partial charge in [-0.3, -0.25) is 0 Å². The fourth-order valence-electron chi connectivity index (χ4n) is 2.16. The van der Waals surface area contributed by atoms with Crippen LogP contribution in [0.4, 0.5) is 0 Å². The van der Waals surface area contributed by atoms with Gasteiger partial charge in [0.25, 0.3) is 0 Å². The molecule has 1 aromatic carbocycles. The molecular weight excluding hydrogens is 311 g/mol. The number of aryl methyl sites for hydroxylation is 1. The Balaban J connectivity index is 3.04. The molecule has 5 heteroatoms. The smallest absolute Gasteiger partial charge is 0.343 e. The maximum Gasteiger partial charge on any atom is 0.343 e. The third-order valence-corrected chi connectivity index (χ3v) is 3.94. The van der Waals surface area contributed by atoms with Gasteiger partial charge in [-0.25, -0.2) is 4.79 Å². The predicted molar refractivity (Wildman–Crippen MR) is 86.8 cm³/mol. The van der Waals surface area contributed by atoms with Crippen LogP contribution in [0.25, 0.3) is 0 Å². The minimum absolute atomic E-state index is 0.198. The summed E-state index contributed by atoms with van der Waals surface area (Å²) in [5.74, 6) is -0.216. The molecule has 0 amide bonds. The molecule has 21 heavy (non-hydrogen) atoms. The van der Waals surface area contributed by atoms with Gasteiger partial charge in [-0.05, 0) is 31.4 Å². The van der Waals surface area contributed by atoms with E-state index in [4.69, 9.17) is 32.7 Å². The summed E-state index contributed by atoms with van der Waals surface area (Å²) in [6.07, 6.45) is 5.37. The van der Waals surface area contributed by atoms with E-state index in [1.807, 2.05) is 0 Å². The Hall–Kier alpha value is -0.930. The second-order valence-electron chi connectivity index (χ2n) is 4.77. The zero-order valence-corrected chi connectivity index (χ0v) is 14.3. The van der Waals surface area contributed by atoms with Crippen LogP contribution in [0.5, 0.6) is 5.75 Å². The van der Waals surface area contributed by atoms with Crippen LogP contribution in [0, 0.1) is 0 Å². The van der Waals surface area contributed by atoms with Crippen LogP contribution >= 0.6 is 23.2 Å². The average molecular weight is 333 g/mol. The van der Waals surface area contributed by atoms with Crippen LogP contribution in [-0.4, -0.2) is 19.7 Å². The summed E-state index contributed by atoms with van der Waals surface area (Å²) in [5.41, 5.74) is 1.10. The first kappa shape index (κ1) is 18.1. The van der Waals surface area contributed by atoms with Crippen molar-refractivity contribution < 1.29 is 14.3 Å². The number of carbonyl (C=O) groups excluding carboxylic acids is 1. The number of esters is 1. The van der Waals surface area contributed by atoms with Gasteiger partial charge in [0.05, 0.1) is 23.8 Å². The molecule has 3 nitrogen and oxygen atoms in total. The van der Waals surface area contributed by atoms with E-state index in [9.17, 15) is 4.79 Å². The van der Waals surface area contributed by atoms with E-state index in [-0.39, 0.29) is 12.2 Å². The number of benzene rings is 1. The van der Waals surface area contributed by atoms with Crippen LogP contribution in [0.15, 0.2) is 6.07 Å². The predicted octanol–water partition coefficient (Wildman–Crippen LogP) is 5.30. The first-order valence-corrected chi connectivity index (χ1v) is 8.04. The summed E-state index contributed by atoms with van der Waals surface area (Å²) in [6, 6.07) is 1.74. The number of methoxy groups -OCH3 is 1. The first-order chi connectivity index (χ1) is 10.1. The Morgan fingerprint density at radius 3 is 2.48 bits per heavy atom. The van der Waals surface area contributed by atoms with E-state index in [0.29, 0.717) is 15.8 Å². The van der Waals surface area contributed by atoms with E-state index >= 15 is 0 Å². The van der Waals surface area contributed by atoms with Crippen LogP contribution in [0.2, 0.25) is 10.0 Å². The topological polar surface area (TPSA) is 35.5 Å². The zero-order valence-electron chi connectivity index (χ0n) is 12.8. The quantitative estimate of drug-likeness (QED) is 0.478. The molecule has 118 valence electrons. The van der Waals surface area contributed by atoms with E-state index < -0.39 is 5.97 Å². The second-order valence-corrected chi connectivity index (χ2v) is 5.56. The van der Waals surface area contributed by atoms with Gasteiger partial charge in [0.15, 0.2) is 5.75 Å². The molecule has 0 saturated carbocycles. The normalized spacial score (nSPS) is 10.5. The van der Waals surface area contributed by atoms with Crippen LogP contribution in [0.3, 0.4) is 0 Å². The Labute approximate surface area is 136 Å². The van der Waals surface area contributed by atoms with Crippen molar-refractivity contribution >= 4 is 29.2 Å². The van der Waals surface area contributed by atoms with Gasteiger partial charge in [-0.2, -0.15) is 0 Å². The van der Waals surface area contributed by atoms with E-state index in [0.717, 1.165) is 24.8 Å². The van der Waals surface area contributed by atoms with Gasteiger partial charge in [0.2, 0.25) is 0 Å². The summed E-state index contributed by atoms with van der Waals surface area (Å²) in [7, 11) is 1.47. The SMILES string of the molecule is CCCCCCc1cc(Cl)c(C(=O)OCC)c(OC)c1Cl. The third-order valence-electron chi connectivity index (χ3n) is 3.23. The highest BCUT2D eigenvalue weighted by atomic mass is 35.5. The number of halogens is 2. The van der Waals surface area contributed by atoms with Gasteiger partial charge in [-0.1, -0.05) is 49.4 Å². The largest absolute Gasteiger partial charge is 0.494 e. The number of hydrogen-bond acceptors (Lipinski definition) is 3. The lowest BCUT2D eigenvalue weighted by atomic mass is 10.0. The van der Waals surface area contributed by atoms with Crippen LogP contribution < -0.4 is 4.74 Å². The Kier molecular flexibility index (Phi) is 7.91. The lowest BCUT2D eigenvalue weighted by Gasteiger charge is -2.15. The van der Waals surface area contributed by atoms with Crippen molar-refractivity contribution in [1.29, 1.82) is 0 Å². The summed E-state index contributed by atoms with van der Waals surface area (Å²) >= 11 is 12.6. The molecule has 0 aromatic heterocycles. The van der Waals surface area contributed by atoms with Crippen molar-refractivity contribution in [3.05, 3.63) is 27.2 Å². The molecule has 0 N–H and O–H groups in total. The Bertz CT molecular complexity index is 487. The van der Waals surface area contributed by atoms with Gasteiger partial charge >= 0.3 is 5.97 Å². The number of carbonyl (C=O) groups is 1. The summed E-state index contributed by atoms with van der Waals surface area (Å²) in [5, 5.41) is 0.765. The molecule has 0 saturated heterocycles. The minimum Gasteiger partial charge on any atom is -0.494 e. The molecule has 0 aliphatic rings. The summed E-state index contributed by atoms with van der Waals surface area (Å²) < 4.78 is 10.3. The van der Waals surface area contributed by atoms with E-state index in [1.54, 1.807) is 13.0 Å². The fourth-order valence-corrected chi connectivity index (χ4v) is 2.78.